The van der Waals surface area contributed by atoms with Crippen LogP contribution in [0.3, 0.4) is 0 Å². The van der Waals surface area contributed by atoms with E-state index in [9.17, 15) is 0 Å². The van der Waals surface area contributed by atoms with Crippen LogP contribution in [-0.2, 0) is 6.54 Å². The molecule has 1 aromatic rings. The second-order valence-electron chi connectivity index (χ2n) is 6.29. The molecule has 112 valence electrons. The Hall–Kier alpha value is -1.09. The first-order chi connectivity index (χ1) is 9.69. The molecular formula is C17H29N3. The lowest BCUT2D eigenvalue weighted by Gasteiger charge is -2.21. The molecule has 2 rings (SSSR count). The Bertz CT molecular complexity index is 403. The van der Waals surface area contributed by atoms with Crippen LogP contribution in [0.4, 0.5) is 5.82 Å². The van der Waals surface area contributed by atoms with Gasteiger partial charge in [0, 0.05) is 19.3 Å². The molecule has 0 aromatic carbocycles. The molecule has 1 saturated heterocycles. The van der Waals surface area contributed by atoms with E-state index in [2.05, 4.69) is 48.1 Å². The van der Waals surface area contributed by atoms with Crippen molar-refractivity contribution >= 4 is 5.82 Å². The monoisotopic (exact) mass is 275 g/mol. The van der Waals surface area contributed by atoms with E-state index < -0.39 is 0 Å². The SMILES string of the molecule is CCNc1cc(CN2CCCC(C(C)C)CC2)ccn1. The van der Waals surface area contributed by atoms with E-state index in [0.29, 0.717) is 0 Å². The van der Waals surface area contributed by atoms with Crippen molar-refractivity contribution in [3.8, 4) is 0 Å². The van der Waals surface area contributed by atoms with Crippen molar-refractivity contribution in [2.45, 2.75) is 46.6 Å². The van der Waals surface area contributed by atoms with Crippen LogP contribution in [-0.4, -0.2) is 29.5 Å². The summed E-state index contributed by atoms with van der Waals surface area (Å²) in [4.78, 5) is 6.95. The van der Waals surface area contributed by atoms with Gasteiger partial charge in [0.1, 0.15) is 5.82 Å². The van der Waals surface area contributed by atoms with Gasteiger partial charge in [-0.25, -0.2) is 4.98 Å². The van der Waals surface area contributed by atoms with Gasteiger partial charge in [-0.05, 0) is 68.8 Å². The van der Waals surface area contributed by atoms with Gasteiger partial charge in [-0.2, -0.15) is 0 Å². The van der Waals surface area contributed by atoms with Crippen molar-refractivity contribution in [2.75, 3.05) is 25.0 Å². The van der Waals surface area contributed by atoms with Crippen molar-refractivity contribution in [1.29, 1.82) is 0 Å². The molecule has 1 aliphatic heterocycles. The summed E-state index contributed by atoms with van der Waals surface area (Å²) in [6.07, 6.45) is 6.01. The number of rotatable bonds is 5. The molecule has 20 heavy (non-hydrogen) atoms. The Morgan fingerprint density at radius 1 is 1.35 bits per heavy atom. The Morgan fingerprint density at radius 3 is 2.95 bits per heavy atom. The minimum Gasteiger partial charge on any atom is -0.370 e. The Morgan fingerprint density at radius 2 is 2.20 bits per heavy atom. The van der Waals surface area contributed by atoms with Gasteiger partial charge >= 0.3 is 0 Å². The highest BCUT2D eigenvalue weighted by Gasteiger charge is 2.19. The van der Waals surface area contributed by atoms with E-state index in [1.54, 1.807) is 0 Å². The zero-order valence-electron chi connectivity index (χ0n) is 13.2. The number of likely N-dealkylation sites (tertiary alicyclic amines) is 1. The van der Waals surface area contributed by atoms with Crippen molar-refractivity contribution in [1.82, 2.24) is 9.88 Å². The Labute approximate surface area is 123 Å². The van der Waals surface area contributed by atoms with Gasteiger partial charge in [-0.3, -0.25) is 4.90 Å². The number of nitrogens with one attached hydrogen (secondary N) is 1. The lowest BCUT2D eigenvalue weighted by molar-refractivity contribution is 0.265. The van der Waals surface area contributed by atoms with Crippen LogP contribution >= 0.6 is 0 Å². The lowest BCUT2D eigenvalue weighted by Crippen LogP contribution is -2.24. The fraction of sp³-hybridized carbons (Fsp3) is 0.706. The first-order valence-electron chi connectivity index (χ1n) is 8.10. The molecule has 1 atom stereocenters. The summed E-state index contributed by atoms with van der Waals surface area (Å²) in [5, 5.41) is 3.29. The Kier molecular flexibility index (Phi) is 5.84. The second-order valence-corrected chi connectivity index (χ2v) is 6.29. The molecule has 0 aliphatic carbocycles. The minimum absolute atomic E-state index is 0.830. The normalized spacial score (nSPS) is 20.9. The van der Waals surface area contributed by atoms with E-state index >= 15 is 0 Å². The molecule has 0 saturated carbocycles. The quantitative estimate of drug-likeness (QED) is 0.886. The van der Waals surface area contributed by atoms with Crippen LogP contribution in [0.5, 0.6) is 0 Å². The molecule has 3 heteroatoms. The van der Waals surface area contributed by atoms with Gasteiger partial charge < -0.3 is 5.32 Å². The number of aromatic nitrogens is 1. The third-order valence-corrected chi connectivity index (χ3v) is 4.40. The third-order valence-electron chi connectivity index (χ3n) is 4.40. The molecule has 0 bridgehead atoms. The van der Waals surface area contributed by atoms with Gasteiger partial charge in [0.2, 0.25) is 0 Å². The van der Waals surface area contributed by atoms with Crippen LogP contribution in [0.15, 0.2) is 18.3 Å². The number of hydrogen-bond donors (Lipinski definition) is 1. The number of hydrogen-bond acceptors (Lipinski definition) is 3. The second kappa shape index (κ2) is 7.63. The molecular weight excluding hydrogens is 246 g/mol. The molecule has 0 spiro atoms. The van der Waals surface area contributed by atoms with Gasteiger partial charge in [0.15, 0.2) is 0 Å². The summed E-state index contributed by atoms with van der Waals surface area (Å²) in [6, 6.07) is 4.33. The van der Waals surface area contributed by atoms with Crippen molar-refractivity contribution in [3.05, 3.63) is 23.9 Å². The van der Waals surface area contributed by atoms with E-state index in [1.165, 1.54) is 37.9 Å². The summed E-state index contributed by atoms with van der Waals surface area (Å²) < 4.78 is 0. The molecule has 1 aliphatic rings. The molecule has 1 unspecified atom stereocenters. The van der Waals surface area contributed by atoms with Crippen LogP contribution in [0, 0.1) is 11.8 Å². The average Bonchev–Trinajstić information content (AvgIpc) is 2.65. The molecule has 1 fully saturated rings. The van der Waals surface area contributed by atoms with Crippen molar-refractivity contribution in [2.24, 2.45) is 11.8 Å². The highest BCUT2D eigenvalue weighted by atomic mass is 15.1. The van der Waals surface area contributed by atoms with Crippen molar-refractivity contribution in [3.63, 3.8) is 0 Å². The van der Waals surface area contributed by atoms with Crippen molar-refractivity contribution < 1.29 is 0 Å². The number of anilines is 1. The zero-order valence-corrected chi connectivity index (χ0v) is 13.2. The van der Waals surface area contributed by atoms with Crippen LogP contribution in [0.2, 0.25) is 0 Å². The first kappa shape index (κ1) is 15.3. The maximum absolute atomic E-state index is 4.35. The summed E-state index contributed by atoms with van der Waals surface area (Å²) in [5.74, 6) is 2.74. The van der Waals surface area contributed by atoms with E-state index in [4.69, 9.17) is 0 Å². The van der Waals surface area contributed by atoms with Crippen LogP contribution in [0.25, 0.3) is 0 Å². The molecule has 3 nitrogen and oxygen atoms in total. The predicted octanol–water partition coefficient (Wildman–Crippen LogP) is 3.77. The zero-order chi connectivity index (χ0) is 14.4. The summed E-state index contributed by atoms with van der Waals surface area (Å²) in [6.45, 7) is 11.3. The summed E-state index contributed by atoms with van der Waals surface area (Å²) in [7, 11) is 0. The maximum Gasteiger partial charge on any atom is 0.126 e. The van der Waals surface area contributed by atoms with E-state index in [0.717, 1.165) is 30.7 Å². The average molecular weight is 275 g/mol. The number of pyridine rings is 1. The van der Waals surface area contributed by atoms with E-state index in [-0.39, 0.29) is 0 Å². The fourth-order valence-corrected chi connectivity index (χ4v) is 3.12. The third kappa shape index (κ3) is 4.48. The standard InChI is InChI=1S/C17H29N3/c1-4-18-17-12-15(7-9-19-17)13-20-10-5-6-16(8-11-20)14(2)3/h7,9,12,14,16H,4-6,8,10-11,13H2,1-3H3,(H,18,19). The van der Waals surface area contributed by atoms with Gasteiger partial charge in [0.05, 0.1) is 0 Å². The van der Waals surface area contributed by atoms with Gasteiger partial charge in [-0.1, -0.05) is 13.8 Å². The smallest absolute Gasteiger partial charge is 0.126 e. The first-order valence-corrected chi connectivity index (χ1v) is 8.10. The molecule has 2 heterocycles. The largest absolute Gasteiger partial charge is 0.370 e. The topological polar surface area (TPSA) is 28.2 Å². The highest BCUT2D eigenvalue weighted by Crippen LogP contribution is 2.25. The summed E-state index contributed by atoms with van der Waals surface area (Å²) in [5.41, 5.74) is 1.37. The molecule has 0 radical (unpaired) electrons. The number of nitrogens with zero attached hydrogens (tertiary/aromatic N) is 2. The minimum atomic E-state index is 0.830. The van der Waals surface area contributed by atoms with E-state index in [1.807, 2.05) is 6.20 Å². The predicted molar refractivity (Wildman–Crippen MR) is 85.9 cm³/mol. The molecule has 0 amide bonds. The van der Waals surface area contributed by atoms with Crippen LogP contribution in [0.1, 0.15) is 45.6 Å². The highest BCUT2D eigenvalue weighted by molar-refractivity contribution is 5.37. The molecule has 1 N–H and O–H groups in total. The summed E-state index contributed by atoms with van der Waals surface area (Å²) >= 11 is 0. The van der Waals surface area contributed by atoms with Gasteiger partial charge in [-0.15, -0.1) is 0 Å². The Balaban J connectivity index is 1.91. The fourth-order valence-electron chi connectivity index (χ4n) is 3.12. The van der Waals surface area contributed by atoms with Gasteiger partial charge in [0.25, 0.3) is 0 Å². The molecule has 1 aromatic heterocycles. The van der Waals surface area contributed by atoms with Crippen LogP contribution < -0.4 is 5.32 Å². The maximum atomic E-state index is 4.35. The lowest BCUT2D eigenvalue weighted by atomic mass is 9.89.